The van der Waals surface area contributed by atoms with E-state index in [0.717, 1.165) is 5.75 Å². The molecule has 0 unspecified atom stereocenters. The number of ether oxygens (including phenoxy) is 1. The Kier molecular flexibility index (Phi) is 5.79. The van der Waals surface area contributed by atoms with Crippen molar-refractivity contribution in [3.8, 4) is 11.5 Å². The Labute approximate surface area is 178 Å². The smallest absolute Gasteiger partial charge is 0.282 e. The maximum atomic E-state index is 12.9. The molecule has 0 radical (unpaired) electrons. The summed E-state index contributed by atoms with van der Waals surface area (Å²) in [7, 11) is 0. The van der Waals surface area contributed by atoms with Crippen molar-refractivity contribution >= 4 is 29.0 Å². The number of benzene rings is 3. The molecule has 1 atom stereocenters. The Morgan fingerprint density at radius 3 is 2.19 bits per heavy atom. The number of hydrogen-bond acceptors (Lipinski definition) is 6. The van der Waals surface area contributed by atoms with Crippen LogP contribution in [0.4, 0.5) is 11.4 Å². The summed E-state index contributed by atoms with van der Waals surface area (Å²) in [5.74, 6) is 0.768. The third-order valence-electron chi connectivity index (χ3n) is 4.32. The number of anilines is 1. The summed E-state index contributed by atoms with van der Waals surface area (Å²) < 4.78 is 5.75. The first-order valence-electron chi connectivity index (χ1n) is 9.59. The molecule has 4 rings (SSSR count). The van der Waals surface area contributed by atoms with Crippen LogP contribution in [0.2, 0.25) is 0 Å². The Bertz CT molecular complexity index is 1130. The van der Waals surface area contributed by atoms with E-state index < -0.39 is 11.9 Å². The summed E-state index contributed by atoms with van der Waals surface area (Å²) in [5.41, 5.74) is 1.11. The van der Waals surface area contributed by atoms with Gasteiger partial charge in [-0.25, -0.2) is 0 Å². The standard InChI is InChI=1S/C23H19N5O3/c1-16(29)24-22-21(23(30)28(27-22)18-8-4-2-5-9-18)26-25-17-12-14-20(15-13-17)31-19-10-6-3-7-11-19/h2-15,21H,1H3,(H,24,27,29)/t21-/m1/s1. The summed E-state index contributed by atoms with van der Waals surface area (Å²) in [6.45, 7) is 1.35. The van der Waals surface area contributed by atoms with E-state index in [1.54, 1.807) is 48.5 Å². The first-order valence-corrected chi connectivity index (χ1v) is 9.59. The quantitative estimate of drug-likeness (QED) is 0.627. The van der Waals surface area contributed by atoms with E-state index in [4.69, 9.17) is 4.74 Å². The molecule has 1 N–H and O–H groups in total. The van der Waals surface area contributed by atoms with E-state index in [2.05, 4.69) is 20.6 Å². The minimum Gasteiger partial charge on any atom is -0.457 e. The lowest BCUT2D eigenvalue weighted by atomic mass is 10.2. The van der Waals surface area contributed by atoms with Gasteiger partial charge in [0, 0.05) is 6.92 Å². The molecule has 0 spiro atoms. The van der Waals surface area contributed by atoms with Gasteiger partial charge in [0.15, 0.2) is 5.84 Å². The van der Waals surface area contributed by atoms with E-state index in [1.165, 1.54) is 11.9 Å². The Morgan fingerprint density at radius 2 is 1.55 bits per heavy atom. The lowest BCUT2D eigenvalue weighted by molar-refractivity contribution is -0.117. The number of nitrogens with one attached hydrogen (secondary N) is 1. The number of amidine groups is 1. The molecule has 0 saturated carbocycles. The van der Waals surface area contributed by atoms with Crippen molar-refractivity contribution < 1.29 is 14.3 Å². The summed E-state index contributed by atoms with van der Waals surface area (Å²) in [6, 6.07) is 24.3. The molecular formula is C23H19N5O3. The lowest BCUT2D eigenvalue weighted by Gasteiger charge is -2.11. The molecule has 3 aromatic carbocycles. The summed E-state index contributed by atoms with van der Waals surface area (Å²) in [4.78, 5) is 24.4. The summed E-state index contributed by atoms with van der Waals surface area (Å²) in [5, 5.41) is 16.3. The maximum Gasteiger partial charge on any atom is 0.282 e. The van der Waals surface area contributed by atoms with Crippen molar-refractivity contribution in [3.05, 3.63) is 84.9 Å². The van der Waals surface area contributed by atoms with Crippen molar-refractivity contribution in [2.75, 3.05) is 5.01 Å². The molecule has 0 aromatic heterocycles. The van der Waals surface area contributed by atoms with Crippen molar-refractivity contribution in [2.24, 2.45) is 15.3 Å². The van der Waals surface area contributed by atoms with Crippen LogP contribution in [0.3, 0.4) is 0 Å². The van der Waals surface area contributed by atoms with Gasteiger partial charge in [0.1, 0.15) is 11.5 Å². The highest BCUT2D eigenvalue weighted by molar-refractivity contribution is 6.21. The molecule has 31 heavy (non-hydrogen) atoms. The second-order valence-corrected chi connectivity index (χ2v) is 6.68. The van der Waals surface area contributed by atoms with Gasteiger partial charge in [-0.1, -0.05) is 36.4 Å². The van der Waals surface area contributed by atoms with Crippen LogP contribution in [-0.2, 0) is 9.59 Å². The minimum absolute atomic E-state index is 0.133. The molecule has 154 valence electrons. The molecular weight excluding hydrogens is 394 g/mol. The van der Waals surface area contributed by atoms with Gasteiger partial charge < -0.3 is 10.1 Å². The Balaban J connectivity index is 1.50. The first kappa shape index (κ1) is 20.0. The number of nitrogens with zero attached hydrogens (tertiary/aromatic N) is 4. The molecule has 1 heterocycles. The van der Waals surface area contributed by atoms with Gasteiger partial charge in [0.25, 0.3) is 5.91 Å². The van der Waals surface area contributed by atoms with Crippen LogP contribution < -0.4 is 15.1 Å². The number of amides is 2. The summed E-state index contributed by atoms with van der Waals surface area (Å²) in [6.07, 6.45) is 0. The minimum atomic E-state index is -1.04. The Morgan fingerprint density at radius 1 is 0.935 bits per heavy atom. The molecule has 3 aromatic rings. The van der Waals surface area contributed by atoms with Gasteiger partial charge >= 0.3 is 0 Å². The van der Waals surface area contributed by atoms with Crippen molar-refractivity contribution in [2.45, 2.75) is 13.0 Å². The molecule has 8 heteroatoms. The van der Waals surface area contributed by atoms with Crippen LogP contribution >= 0.6 is 0 Å². The van der Waals surface area contributed by atoms with E-state index in [0.29, 0.717) is 17.1 Å². The third kappa shape index (κ3) is 4.81. The van der Waals surface area contributed by atoms with Gasteiger partial charge in [0.05, 0.1) is 11.4 Å². The van der Waals surface area contributed by atoms with Crippen LogP contribution in [0.15, 0.2) is 100 Å². The average molecular weight is 413 g/mol. The fraction of sp³-hybridized carbons (Fsp3) is 0.0870. The van der Waals surface area contributed by atoms with Crippen LogP contribution in [0.1, 0.15) is 6.92 Å². The van der Waals surface area contributed by atoms with E-state index in [-0.39, 0.29) is 11.7 Å². The maximum absolute atomic E-state index is 12.9. The van der Waals surface area contributed by atoms with E-state index >= 15 is 0 Å². The number of azo groups is 1. The number of hydrogen-bond donors (Lipinski definition) is 1. The van der Waals surface area contributed by atoms with Crippen molar-refractivity contribution in [1.82, 2.24) is 5.32 Å². The van der Waals surface area contributed by atoms with Crippen LogP contribution in [-0.4, -0.2) is 23.7 Å². The molecule has 1 aliphatic heterocycles. The second-order valence-electron chi connectivity index (χ2n) is 6.68. The predicted octanol–water partition coefficient (Wildman–Crippen LogP) is 4.43. The highest BCUT2D eigenvalue weighted by atomic mass is 16.5. The van der Waals surface area contributed by atoms with Gasteiger partial charge in [-0.3, -0.25) is 9.59 Å². The average Bonchev–Trinajstić information content (AvgIpc) is 3.09. The fourth-order valence-electron chi connectivity index (χ4n) is 2.91. The van der Waals surface area contributed by atoms with Gasteiger partial charge in [-0.15, -0.1) is 5.10 Å². The van der Waals surface area contributed by atoms with Gasteiger partial charge in [-0.05, 0) is 48.5 Å². The summed E-state index contributed by atoms with van der Waals surface area (Å²) >= 11 is 0. The van der Waals surface area contributed by atoms with Gasteiger partial charge in [0.2, 0.25) is 11.9 Å². The Hall–Kier alpha value is -4.33. The van der Waals surface area contributed by atoms with Crippen LogP contribution in [0.5, 0.6) is 11.5 Å². The number of para-hydroxylation sites is 2. The van der Waals surface area contributed by atoms with E-state index in [1.807, 2.05) is 36.4 Å². The highest BCUT2D eigenvalue weighted by Gasteiger charge is 2.37. The first-order chi connectivity index (χ1) is 15.1. The highest BCUT2D eigenvalue weighted by Crippen LogP contribution is 2.25. The van der Waals surface area contributed by atoms with Crippen molar-refractivity contribution in [3.63, 3.8) is 0 Å². The zero-order valence-electron chi connectivity index (χ0n) is 16.7. The number of carbonyl (C=O) groups is 2. The SMILES string of the molecule is CC(=O)NC1=NN(c2ccccc2)C(=O)[C@@H]1N=Nc1ccc(Oc2ccccc2)cc1. The molecule has 0 fully saturated rings. The second kappa shape index (κ2) is 9.00. The fourth-order valence-corrected chi connectivity index (χ4v) is 2.91. The zero-order chi connectivity index (χ0) is 21.6. The molecule has 8 nitrogen and oxygen atoms in total. The normalized spacial score (nSPS) is 15.8. The topological polar surface area (TPSA) is 95.7 Å². The molecule has 2 amide bonds. The van der Waals surface area contributed by atoms with Crippen LogP contribution in [0.25, 0.3) is 0 Å². The lowest BCUT2D eigenvalue weighted by Crippen LogP contribution is -2.38. The van der Waals surface area contributed by atoms with Gasteiger partial charge in [-0.2, -0.15) is 15.2 Å². The number of hydrazone groups is 1. The van der Waals surface area contributed by atoms with E-state index in [9.17, 15) is 9.59 Å². The molecule has 0 aliphatic carbocycles. The number of rotatable bonds is 5. The molecule has 0 bridgehead atoms. The largest absolute Gasteiger partial charge is 0.457 e. The predicted molar refractivity (Wildman–Crippen MR) is 116 cm³/mol. The van der Waals surface area contributed by atoms with Crippen molar-refractivity contribution in [1.29, 1.82) is 0 Å². The zero-order valence-corrected chi connectivity index (χ0v) is 16.7. The monoisotopic (exact) mass is 413 g/mol. The number of carbonyl (C=O) groups excluding carboxylic acids is 2. The third-order valence-corrected chi connectivity index (χ3v) is 4.32. The molecule has 0 saturated heterocycles. The molecule has 1 aliphatic rings. The van der Waals surface area contributed by atoms with Crippen LogP contribution in [0, 0.1) is 0 Å².